The number of methoxy groups -OCH3 is 1. The van der Waals surface area contributed by atoms with Crippen molar-refractivity contribution in [3.05, 3.63) is 71.5 Å². The van der Waals surface area contributed by atoms with Crippen LogP contribution in [0.1, 0.15) is 16.8 Å². The van der Waals surface area contributed by atoms with Crippen molar-refractivity contribution in [2.24, 2.45) is 5.41 Å². The number of benzene rings is 2. The minimum absolute atomic E-state index is 0.0501. The number of carboxylic acid groups (broad SMARTS) is 1. The zero-order valence-corrected chi connectivity index (χ0v) is 18.7. The Morgan fingerprint density at radius 2 is 1.70 bits per heavy atom. The van der Waals surface area contributed by atoms with E-state index < -0.39 is 11.4 Å². The number of carboxylic acids is 1. The Balaban J connectivity index is 1.42. The van der Waals surface area contributed by atoms with E-state index in [9.17, 15) is 14.7 Å². The van der Waals surface area contributed by atoms with E-state index in [2.05, 4.69) is 9.97 Å². The highest BCUT2D eigenvalue weighted by Gasteiger charge is 2.47. The zero-order chi connectivity index (χ0) is 23.4. The molecule has 0 bridgehead atoms. The van der Waals surface area contributed by atoms with E-state index in [0.717, 1.165) is 5.56 Å². The quantitative estimate of drug-likeness (QED) is 0.563. The minimum Gasteiger partial charge on any atom is -0.497 e. The normalized spacial score (nSPS) is 17.6. The third kappa shape index (κ3) is 4.90. The van der Waals surface area contributed by atoms with Gasteiger partial charge in [-0.05, 0) is 55.0 Å². The predicted octanol–water partition coefficient (Wildman–Crippen LogP) is 3.80. The van der Waals surface area contributed by atoms with Gasteiger partial charge in [-0.2, -0.15) is 0 Å². The Morgan fingerprint density at radius 3 is 2.30 bits per heavy atom. The Hall–Kier alpha value is -3.65. The number of amides is 1. The third-order valence-corrected chi connectivity index (χ3v) is 5.87. The molecular weight excluding hydrogens is 446 g/mol. The molecule has 3 aromatic rings. The average molecular weight is 468 g/mol. The molecule has 2 heterocycles. The summed E-state index contributed by atoms with van der Waals surface area (Å²) in [5.41, 5.74) is 0.0853. The SMILES string of the molecule is COc1ccc(C(=O)N2CCC(COc3ccc(-c4ncc(Cl)cn4)cc3)(C(=O)O)C2)cc1. The maximum Gasteiger partial charge on any atom is 0.315 e. The highest BCUT2D eigenvalue weighted by Crippen LogP contribution is 2.33. The molecule has 1 fully saturated rings. The summed E-state index contributed by atoms with van der Waals surface area (Å²) in [6.07, 6.45) is 3.34. The fourth-order valence-corrected chi connectivity index (χ4v) is 3.80. The number of likely N-dealkylation sites (tertiary alicyclic amines) is 1. The molecule has 1 aliphatic heterocycles. The van der Waals surface area contributed by atoms with Crippen molar-refractivity contribution < 1.29 is 24.2 Å². The van der Waals surface area contributed by atoms with Gasteiger partial charge in [-0.15, -0.1) is 0 Å². The Labute approximate surface area is 195 Å². The van der Waals surface area contributed by atoms with Gasteiger partial charge in [0.25, 0.3) is 5.91 Å². The van der Waals surface area contributed by atoms with Gasteiger partial charge in [0.1, 0.15) is 23.5 Å². The summed E-state index contributed by atoms with van der Waals surface area (Å²) >= 11 is 5.82. The fourth-order valence-electron chi connectivity index (χ4n) is 3.70. The lowest BCUT2D eigenvalue weighted by Gasteiger charge is -2.25. The standard InChI is InChI=1S/C24H22ClN3O5/c1-32-19-6-4-17(5-7-19)22(29)28-11-10-24(14-28,23(30)31)15-33-20-8-2-16(3-9-20)21-26-12-18(25)13-27-21/h2-9,12-13H,10-11,14-15H2,1H3,(H,30,31). The van der Waals surface area contributed by atoms with Crippen molar-refractivity contribution in [2.75, 3.05) is 26.8 Å². The number of halogens is 1. The second kappa shape index (κ2) is 9.46. The number of aromatic nitrogens is 2. The van der Waals surface area contributed by atoms with Gasteiger partial charge < -0.3 is 19.5 Å². The lowest BCUT2D eigenvalue weighted by Crippen LogP contribution is -2.41. The van der Waals surface area contributed by atoms with Gasteiger partial charge in [-0.3, -0.25) is 9.59 Å². The highest BCUT2D eigenvalue weighted by molar-refractivity contribution is 6.30. The number of ether oxygens (including phenoxy) is 2. The zero-order valence-electron chi connectivity index (χ0n) is 17.9. The van der Waals surface area contributed by atoms with Gasteiger partial charge >= 0.3 is 5.97 Å². The van der Waals surface area contributed by atoms with E-state index in [1.54, 1.807) is 60.5 Å². The van der Waals surface area contributed by atoms with Crippen LogP contribution in [0, 0.1) is 5.41 Å². The third-order valence-electron chi connectivity index (χ3n) is 5.68. The van der Waals surface area contributed by atoms with Crippen molar-refractivity contribution in [3.8, 4) is 22.9 Å². The van der Waals surface area contributed by atoms with Crippen molar-refractivity contribution in [2.45, 2.75) is 6.42 Å². The molecule has 1 amide bonds. The van der Waals surface area contributed by atoms with Crippen molar-refractivity contribution >= 4 is 23.5 Å². The molecule has 2 aromatic carbocycles. The van der Waals surface area contributed by atoms with Crippen LogP contribution < -0.4 is 9.47 Å². The number of rotatable bonds is 7. The first-order valence-corrected chi connectivity index (χ1v) is 10.7. The molecule has 9 heteroatoms. The molecule has 8 nitrogen and oxygen atoms in total. The number of hydrogen-bond acceptors (Lipinski definition) is 6. The molecule has 0 saturated carbocycles. The first-order valence-electron chi connectivity index (χ1n) is 10.3. The molecule has 0 aliphatic carbocycles. The van der Waals surface area contributed by atoms with E-state index >= 15 is 0 Å². The molecule has 0 radical (unpaired) electrons. The van der Waals surface area contributed by atoms with Crippen LogP contribution in [-0.2, 0) is 4.79 Å². The lowest BCUT2D eigenvalue weighted by atomic mass is 9.88. The van der Waals surface area contributed by atoms with Crippen LogP contribution >= 0.6 is 11.6 Å². The van der Waals surface area contributed by atoms with E-state index in [4.69, 9.17) is 21.1 Å². The second-order valence-electron chi connectivity index (χ2n) is 7.83. The van der Waals surface area contributed by atoms with E-state index in [-0.39, 0.29) is 19.1 Å². The molecule has 0 spiro atoms. The van der Waals surface area contributed by atoms with Crippen LogP contribution in [0.3, 0.4) is 0 Å². The smallest absolute Gasteiger partial charge is 0.315 e. The first-order chi connectivity index (χ1) is 15.9. The summed E-state index contributed by atoms with van der Waals surface area (Å²) < 4.78 is 11.0. The maximum atomic E-state index is 12.9. The molecule has 1 atom stereocenters. The summed E-state index contributed by atoms with van der Waals surface area (Å²) in [6.45, 7) is 0.364. The first kappa shape index (κ1) is 22.5. The molecule has 170 valence electrons. The average Bonchev–Trinajstić information content (AvgIpc) is 3.29. The maximum absolute atomic E-state index is 12.9. The van der Waals surface area contributed by atoms with E-state index in [0.29, 0.717) is 40.9 Å². The Bertz CT molecular complexity index is 1140. The second-order valence-corrected chi connectivity index (χ2v) is 8.27. The van der Waals surface area contributed by atoms with Crippen LogP contribution in [0.5, 0.6) is 11.5 Å². The van der Waals surface area contributed by atoms with Crippen LogP contribution in [0.4, 0.5) is 0 Å². The molecule has 1 unspecified atom stereocenters. The lowest BCUT2D eigenvalue weighted by molar-refractivity contribution is -0.149. The number of carbonyl (C=O) groups excluding carboxylic acids is 1. The van der Waals surface area contributed by atoms with Crippen LogP contribution in [0.15, 0.2) is 60.9 Å². The summed E-state index contributed by atoms with van der Waals surface area (Å²) in [6, 6.07) is 13.8. The van der Waals surface area contributed by atoms with Gasteiger partial charge in [0.15, 0.2) is 5.82 Å². The summed E-state index contributed by atoms with van der Waals surface area (Å²) in [4.78, 5) is 34.9. The monoisotopic (exact) mass is 467 g/mol. The molecule has 1 aromatic heterocycles. The summed E-state index contributed by atoms with van der Waals surface area (Å²) in [5.74, 6) is 0.492. The van der Waals surface area contributed by atoms with E-state index in [1.807, 2.05) is 0 Å². The van der Waals surface area contributed by atoms with Crippen LogP contribution in [-0.4, -0.2) is 58.7 Å². The molecule has 1 saturated heterocycles. The van der Waals surface area contributed by atoms with Crippen molar-refractivity contribution in [1.29, 1.82) is 0 Å². The Kier molecular flexibility index (Phi) is 6.46. The summed E-state index contributed by atoms with van der Waals surface area (Å²) in [7, 11) is 1.55. The largest absolute Gasteiger partial charge is 0.497 e. The van der Waals surface area contributed by atoms with Crippen molar-refractivity contribution in [3.63, 3.8) is 0 Å². The number of aliphatic carboxylic acids is 1. The van der Waals surface area contributed by atoms with Gasteiger partial charge in [-0.1, -0.05) is 11.6 Å². The predicted molar refractivity (Wildman–Crippen MR) is 122 cm³/mol. The molecule has 1 N–H and O–H groups in total. The highest BCUT2D eigenvalue weighted by atomic mass is 35.5. The topological polar surface area (TPSA) is 102 Å². The van der Waals surface area contributed by atoms with Crippen molar-refractivity contribution in [1.82, 2.24) is 14.9 Å². The minimum atomic E-state index is -1.18. The molecule has 33 heavy (non-hydrogen) atoms. The molecular formula is C24H22ClN3O5. The van der Waals surface area contributed by atoms with Gasteiger partial charge in [0.2, 0.25) is 0 Å². The molecule has 1 aliphatic rings. The number of hydrogen-bond donors (Lipinski definition) is 1. The van der Waals surface area contributed by atoms with Gasteiger partial charge in [0.05, 0.1) is 12.1 Å². The number of nitrogens with zero attached hydrogens (tertiary/aromatic N) is 3. The number of carbonyl (C=O) groups is 2. The van der Waals surface area contributed by atoms with Gasteiger partial charge in [0, 0.05) is 36.6 Å². The van der Waals surface area contributed by atoms with Gasteiger partial charge in [-0.25, -0.2) is 9.97 Å². The fraction of sp³-hybridized carbons (Fsp3) is 0.250. The van der Waals surface area contributed by atoms with E-state index in [1.165, 1.54) is 12.4 Å². The Morgan fingerprint density at radius 1 is 1.06 bits per heavy atom. The molecule has 4 rings (SSSR count). The summed E-state index contributed by atoms with van der Waals surface area (Å²) in [5, 5.41) is 10.4. The van der Waals surface area contributed by atoms with Crippen LogP contribution in [0.2, 0.25) is 5.02 Å². The van der Waals surface area contributed by atoms with Crippen LogP contribution in [0.25, 0.3) is 11.4 Å².